The van der Waals surface area contributed by atoms with Crippen molar-refractivity contribution in [3.05, 3.63) is 35.6 Å². The van der Waals surface area contributed by atoms with E-state index in [0.29, 0.717) is 6.04 Å². The van der Waals surface area contributed by atoms with Crippen molar-refractivity contribution in [2.24, 2.45) is 5.92 Å². The van der Waals surface area contributed by atoms with Crippen molar-refractivity contribution >= 4 is 0 Å². The van der Waals surface area contributed by atoms with Crippen LogP contribution in [0.5, 0.6) is 0 Å². The van der Waals surface area contributed by atoms with Crippen LogP contribution in [0.4, 0.5) is 4.39 Å². The molecule has 1 aliphatic heterocycles. The average Bonchev–Trinajstić information content (AvgIpc) is 3.17. The van der Waals surface area contributed by atoms with Gasteiger partial charge in [0.2, 0.25) is 0 Å². The number of nitrogens with one attached hydrogen (secondary N) is 1. The molecule has 1 unspecified atom stereocenters. The van der Waals surface area contributed by atoms with Gasteiger partial charge in [0.25, 0.3) is 0 Å². The molecule has 0 amide bonds. The fraction of sp³-hybridized carbons (Fsp3) is 0.571. The van der Waals surface area contributed by atoms with E-state index in [-0.39, 0.29) is 5.82 Å². The lowest BCUT2D eigenvalue weighted by Gasteiger charge is -2.36. The van der Waals surface area contributed by atoms with Gasteiger partial charge in [-0.1, -0.05) is 12.1 Å². The minimum absolute atomic E-state index is 0.146. The van der Waals surface area contributed by atoms with E-state index >= 15 is 0 Å². The number of benzene rings is 1. The zero-order valence-electron chi connectivity index (χ0n) is 10.0. The van der Waals surface area contributed by atoms with Crippen molar-refractivity contribution in [3.8, 4) is 0 Å². The van der Waals surface area contributed by atoms with Crippen LogP contribution in [0.2, 0.25) is 0 Å². The predicted molar refractivity (Wildman–Crippen MR) is 66.2 cm³/mol. The van der Waals surface area contributed by atoms with Gasteiger partial charge in [0, 0.05) is 32.2 Å². The van der Waals surface area contributed by atoms with E-state index < -0.39 is 0 Å². The first-order valence-corrected chi connectivity index (χ1v) is 6.52. The molecule has 0 spiro atoms. The maximum Gasteiger partial charge on any atom is 0.123 e. The zero-order chi connectivity index (χ0) is 11.7. The van der Waals surface area contributed by atoms with Gasteiger partial charge in [-0.25, -0.2) is 4.39 Å². The van der Waals surface area contributed by atoms with E-state index in [1.165, 1.54) is 18.4 Å². The summed E-state index contributed by atoms with van der Waals surface area (Å²) >= 11 is 0. The van der Waals surface area contributed by atoms with Gasteiger partial charge in [-0.3, -0.25) is 4.90 Å². The van der Waals surface area contributed by atoms with Crippen molar-refractivity contribution in [2.45, 2.75) is 25.4 Å². The summed E-state index contributed by atoms with van der Waals surface area (Å²) in [7, 11) is 0. The van der Waals surface area contributed by atoms with E-state index in [4.69, 9.17) is 0 Å². The number of hydrogen-bond donors (Lipinski definition) is 1. The molecule has 92 valence electrons. The molecule has 1 saturated carbocycles. The van der Waals surface area contributed by atoms with Gasteiger partial charge in [-0.15, -0.1) is 0 Å². The maximum atomic E-state index is 12.9. The standard InChI is InChI=1S/C14H19FN2/c15-13-5-1-11(2-6-13)10-17-8-7-16-9-14(17)12-3-4-12/h1-2,5-6,12,14,16H,3-4,7-10H2. The fourth-order valence-corrected chi connectivity index (χ4v) is 2.73. The van der Waals surface area contributed by atoms with Gasteiger partial charge in [0.05, 0.1) is 0 Å². The molecule has 0 aromatic heterocycles. The lowest BCUT2D eigenvalue weighted by molar-refractivity contribution is 0.135. The molecule has 1 aromatic rings. The highest BCUT2D eigenvalue weighted by Crippen LogP contribution is 2.36. The van der Waals surface area contributed by atoms with Gasteiger partial charge >= 0.3 is 0 Å². The van der Waals surface area contributed by atoms with Crippen LogP contribution in [0.25, 0.3) is 0 Å². The minimum atomic E-state index is -0.146. The van der Waals surface area contributed by atoms with E-state index in [1.54, 1.807) is 12.1 Å². The summed E-state index contributed by atoms with van der Waals surface area (Å²) in [6.07, 6.45) is 2.76. The predicted octanol–water partition coefficient (Wildman–Crippen LogP) is 2.01. The van der Waals surface area contributed by atoms with Crippen LogP contribution < -0.4 is 5.32 Å². The molecule has 3 rings (SSSR count). The topological polar surface area (TPSA) is 15.3 Å². The van der Waals surface area contributed by atoms with E-state index in [1.807, 2.05) is 12.1 Å². The molecule has 2 fully saturated rings. The highest BCUT2D eigenvalue weighted by Gasteiger charge is 2.36. The second-order valence-corrected chi connectivity index (χ2v) is 5.21. The molecule has 2 nitrogen and oxygen atoms in total. The Kier molecular flexibility index (Phi) is 3.12. The summed E-state index contributed by atoms with van der Waals surface area (Å²) < 4.78 is 12.9. The Morgan fingerprint density at radius 1 is 1.24 bits per heavy atom. The van der Waals surface area contributed by atoms with Crippen LogP contribution >= 0.6 is 0 Å². The summed E-state index contributed by atoms with van der Waals surface area (Å²) in [6, 6.07) is 7.62. The third-order valence-corrected chi connectivity index (χ3v) is 3.86. The first-order valence-electron chi connectivity index (χ1n) is 6.52. The molecule has 0 bridgehead atoms. The second-order valence-electron chi connectivity index (χ2n) is 5.21. The van der Waals surface area contributed by atoms with Crippen LogP contribution in [0, 0.1) is 11.7 Å². The van der Waals surface area contributed by atoms with Gasteiger partial charge in [0.15, 0.2) is 0 Å². The largest absolute Gasteiger partial charge is 0.314 e. The van der Waals surface area contributed by atoms with Crippen LogP contribution in [0.15, 0.2) is 24.3 Å². The van der Waals surface area contributed by atoms with Crippen molar-refractivity contribution in [3.63, 3.8) is 0 Å². The molecule has 1 atom stereocenters. The second kappa shape index (κ2) is 4.75. The Morgan fingerprint density at radius 3 is 2.71 bits per heavy atom. The first-order chi connectivity index (χ1) is 8.33. The zero-order valence-corrected chi connectivity index (χ0v) is 10.0. The van der Waals surface area contributed by atoms with E-state index in [9.17, 15) is 4.39 Å². The Bertz CT molecular complexity index is 372. The van der Waals surface area contributed by atoms with Gasteiger partial charge < -0.3 is 5.32 Å². The monoisotopic (exact) mass is 234 g/mol. The van der Waals surface area contributed by atoms with Crippen LogP contribution in [0.3, 0.4) is 0 Å². The summed E-state index contributed by atoms with van der Waals surface area (Å²) in [5.41, 5.74) is 1.22. The lowest BCUT2D eigenvalue weighted by Crippen LogP contribution is -2.51. The number of nitrogens with zero attached hydrogens (tertiary/aromatic N) is 1. The molecule has 17 heavy (non-hydrogen) atoms. The van der Waals surface area contributed by atoms with E-state index in [0.717, 1.165) is 32.1 Å². The fourth-order valence-electron chi connectivity index (χ4n) is 2.73. The van der Waals surface area contributed by atoms with Gasteiger partial charge in [0.1, 0.15) is 5.82 Å². The highest BCUT2D eigenvalue weighted by atomic mass is 19.1. The third kappa shape index (κ3) is 2.67. The van der Waals surface area contributed by atoms with Gasteiger partial charge in [-0.2, -0.15) is 0 Å². The Morgan fingerprint density at radius 2 is 2.00 bits per heavy atom. The molecular weight excluding hydrogens is 215 g/mol. The summed E-state index contributed by atoms with van der Waals surface area (Å²) in [4.78, 5) is 2.56. The molecule has 1 N–H and O–H groups in total. The smallest absolute Gasteiger partial charge is 0.123 e. The Balaban J connectivity index is 1.67. The molecule has 1 saturated heterocycles. The molecular formula is C14H19FN2. The summed E-state index contributed by atoms with van der Waals surface area (Å²) in [5.74, 6) is 0.746. The van der Waals surface area contributed by atoms with Crippen molar-refractivity contribution in [2.75, 3.05) is 19.6 Å². The quantitative estimate of drug-likeness (QED) is 0.860. The molecule has 1 aromatic carbocycles. The highest BCUT2D eigenvalue weighted by molar-refractivity contribution is 5.16. The summed E-state index contributed by atoms with van der Waals surface area (Å²) in [5, 5.41) is 3.48. The molecule has 1 heterocycles. The Hall–Kier alpha value is -0.930. The van der Waals surface area contributed by atoms with Crippen molar-refractivity contribution in [1.29, 1.82) is 0 Å². The van der Waals surface area contributed by atoms with Crippen molar-refractivity contribution in [1.82, 2.24) is 10.2 Å². The molecule has 3 heteroatoms. The maximum absolute atomic E-state index is 12.9. The normalized spacial score (nSPS) is 26.1. The van der Waals surface area contributed by atoms with Gasteiger partial charge in [-0.05, 0) is 36.5 Å². The van der Waals surface area contributed by atoms with Crippen LogP contribution in [-0.4, -0.2) is 30.6 Å². The third-order valence-electron chi connectivity index (χ3n) is 3.86. The minimum Gasteiger partial charge on any atom is -0.314 e. The SMILES string of the molecule is Fc1ccc(CN2CCNCC2C2CC2)cc1. The van der Waals surface area contributed by atoms with E-state index in [2.05, 4.69) is 10.2 Å². The number of halogens is 1. The average molecular weight is 234 g/mol. The lowest BCUT2D eigenvalue weighted by atomic mass is 10.1. The number of rotatable bonds is 3. The Labute approximate surface area is 102 Å². The first kappa shape index (κ1) is 11.2. The molecule has 2 aliphatic rings. The van der Waals surface area contributed by atoms with Crippen LogP contribution in [0.1, 0.15) is 18.4 Å². The number of piperazine rings is 1. The summed E-state index contributed by atoms with van der Waals surface area (Å²) in [6.45, 7) is 4.26. The molecule has 0 radical (unpaired) electrons. The molecule has 1 aliphatic carbocycles. The van der Waals surface area contributed by atoms with Crippen molar-refractivity contribution < 1.29 is 4.39 Å². The number of hydrogen-bond acceptors (Lipinski definition) is 2. The van der Waals surface area contributed by atoms with Crippen LogP contribution in [-0.2, 0) is 6.54 Å².